The molecule has 0 aliphatic rings. The quantitative estimate of drug-likeness (QED) is 0.165. The molecule has 0 bridgehead atoms. The van der Waals surface area contributed by atoms with E-state index >= 15 is 0 Å². The predicted octanol–water partition coefficient (Wildman–Crippen LogP) is 5.76. The lowest BCUT2D eigenvalue weighted by molar-refractivity contribution is -0.137. The molecule has 5 nitrogen and oxygen atoms in total. The molecule has 0 aliphatic heterocycles. The zero-order chi connectivity index (χ0) is 21.8. The molecule has 29 heavy (non-hydrogen) atoms. The number of nitrogens with zero attached hydrogens (tertiary/aromatic N) is 2. The number of hydrogen-bond donors (Lipinski definition) is 1. The van der Waals surface area contributed by atoms with Crippen molar-refractivity contribution in [1.29, 1.82) is 5.53 Å². The van der Waals surface area contributed by atoms with Gasteiger partial charge < -0.3 is 4.74 Å². The van der Waals surface area contributed by atoms with Crippen molar-refractivity contribution in [2.24, 2.45) is 5.22 Å². The Morgan fingerprint density at radius 1 is 1.17 bits per heavy atom. The second kappa shape index (κ2) is 8.68. The third-order valence-electron chi connectivity index (χ3n) is 4.08. The maximum atomic E-state index is 13.2. The molecular weight excluding hydrogens is 390 g/mol. The molecule has 0 saturated heterocycles. The first kappa shape index (κ1) is 21.8. The fourth-order valence-corrected chi connectivity index (χ4v) is 2.63. The number of anilines is 1. The van der Waals surface area contributed by atoms with E-state index in [0.29, 0.717) is 5.56 Å². The summed E-state index contributed by atoms with van der Waals surface area (Å²) in [5.41, 5.74) is 6.82. The third-order valence-corrected chi connectivity index (χ3v) is 4.08. The van der Waals surface area contributed by atoms with Gasteiger partial charge in [0.15, 0.2) is 0 Å². The zero-order valence-corrected chi connectivity index (χ0v) is 15.5. The summed E-state index contributed by atoms with van der Waals surface area (Å²) < 4.78 is 57.1. The monoisotopic (exact) mass is 407 g/mol. The summed E-state index contributed by atoms with van der Waals surface area (Å²) in [5.74, 6) is -1.33. The van der Waals surface area contributed by atoms with Crippen LogP contribution < -0.4 is 5.01 Å². The molecule has 0 aromatic heterocycles. The Kier molecular flexibility index (Phi) is 6.53. The second-order valence-corrected chi connectivity index (χ2v) is 5.90. The largest absolute Gasteiger partial charge is 0.465 e. The highest BCUT2D eigenvalue weighted by molar-refractivity contribution is 6.06. The van der Waals surface area contributed by atoms with Crippen LogP contribution in [0.25, 0.3) is 5.57 Å². The number of rotatable bonds is 6. The molecule has 2 aromatic carbocycles. The van der Waals surface area contributed by atoms with Crippen LogP contribution in [0.5, 0.6) is 0 Å². The number of hydrogen-bond acceptors (Lipinski definition) is 4. The van der Waals surface area contributed by atoms with E-state index in [0.717, 1.165) is 30.3 Å². The van der Waals surface area contributed by atoms with Crippen molar-refractivity contribution in [1.82, 2.24) is 0 Å². The molecule has 0 amide bonds. The lowest BCUT2D eigenvalue weighted by Crippen LogP contribution is -2.20. The van der Waals surface area contributed by atoms with Crippen LogP contribution in [0.15, 0.2) is 71.6 Å². The fraction of sp³-hybridized carbons (Fsp3) is 0.150. The molecule has 2 aromatic rings. The molecule has 0 spiro atoms. The van der Waals surface area contributed by atoms with Crippen molar-refractivity contribution in [3.05, 3.63) is 83.3 Å². The first-order chi connectivity index (χ1) is 13.6. The van der Waals surface area contributed by atoms with Crippen LogP contribution in [-0.4, -0.2) is 13.1 Å². The van der Waals surface area contributed by atoms with Gasteiger partial charge in [-0.1, -0.05) is 30.0 Å². The number of carbonyl (C=O) groups excluding carboxylic acids is 1. The maximum Gasteiger partial charge on any atom is 0.416 e. The van der Waals surface area contributed by atoms with Gasteiger partial charge in [0.25, 0.3) is 0 Å². The molecule has 0 unspecified atom stereocenters. The van der Waals surface area contributed by atoms with Crippen molar-refractivity contribution < 1.29 is 27.1 Å². The van der Waals surface area contributed by atoms with Crippen molar-refractivity contribution in [2.75, 3.05) is 12.1 Å². The summed E-state index contributed by atoms with van der Waals surface area (Å²) in [6, 6.07) is 9.28. The van der Waals surface area contributed by atoms with E-state index < -0.39 is 23.5 Å². The number of benzene rings is 2. The van der Waals surface area contributed by atoms with E-state index in [1.165, 1.54) is 37.3 Å². The molecule has 1 N–H and O–H groups in total. The number of esters is 1. The van der Waals surface area contributed by atoms with Crippen molar-refractivity contribution in [3.63, 3.8) is 0 Å². The Morgan fingerprint density at radius 3 is 2.31 bits per heavy atom. The van der Waals surface area contributed by atoms with Gasteiger partial charge in [0.1, 0.15) is 5.82 Å². The number of methoxy groups -OCH3 is 1. The minimum absolute atomic E-state index is 0.0144. The Balaban J connectivity index is 2.60. The first-order valence-corrected chi connectivity index (χ1v) is 8.19. The molecule has 0 aliphatic carbocycles. The van der Waals surface area contributed by atoms with E-state index in [1.807, 2.05) is 0 Å². The number of alkyl halides is 3. The highest BCUT2D eigenvalue weighted by Gasteiger charge is 2.31. The van der Waals surface area contributed by atoms with Crippen molar-refractivity contribution in [2.45, 2.75) is 13.1 Å². The molecule has 0 fully saturated rings. The predicted molar refractivity (Wildman–Crippen MR) is 99.2 cm³/mol. The van der Waals surface area contributed by atoms with Gasteiger partial charge in [-0.2, -0.15) is 18.7 Å². The second-order valence-electron chi connectivity index (χ2n) is 5.90. The lowest BCUT2D eigenvalue weighted by atomic mass is 9.97. The van der Waals surface area contributed by atoms with Crippen LogP contribution >= 0.6 is 0 Å². The van der Waals surface area contributed by atoms with Gasteiger partial charge in [0, 0.05) is 0 Å². The van der Waals surface area contributed by atoms with E-state index in [-0.39, 0.29) is 22.5 Å². The SMILES string of the molecule is C=C(/C(C(=O)OC)=C(/C)N(N=N)c1cccc(C(F)(F)F)c1)c1ccc(F)cc1. The lowest BCUT2D eigenvalue weighted by Gasteiger charge is -2.22. The molecule has 9 heteroatoms. The fourth-order valence-electron chi connectivity index (χ4n) is 2.63. The van der Waals surface area contributed by atoms with Gasteiger partial charge in [0.05, 0.1) is 29.6 Å². The standard InChI is InChI=1S/C20H17F4N3O2/c1-12(14-7-9-16(21)10-8-14)18(19(28)29-3)13(2)27(26-25)17-6-4-5-15(11-17)20(22,23)24/h4-11,25H,1H2,2-3H3/b18-13+,26-25?. The Labute approximate surface area is 164 Å². The summed E-state index contributed by atoms with van der Waals surface area (Å²) in [6.07, 6.45) is -4.59. The minimum Gasteiger partial charge on any atom is -0.465 e. The Bertz CT molecular complexity index is 966. The van der Waals surface area contributed by atoms with Gasteiger partial charge in [0.2, 0.25) is 0 Å². The molecule has 0 radical (unpaired) electrons. The minimum atomic E-state index is -4.59. The van der Waals surface area contributed by atoms with E-state index in [9.17, 15) is 22.4 Å². The average molecular weight is 407 g/mol. The number of nitrogens with one attached hydrogen (secondary N) is 1. The summed E-state index contributed by atoms with van der Waals surface area (Å²) in [4.78, 5) is 12.4. The topological polar surface area (TPSA) is 65.8 Å². The number of carbonyl (C=O) groups is 1. The number of halogens is 4. The summed E-state index contributed by atoms with van der Waals surface area (Å²) >= 11 is 0. The van der Waals surface area contributed by atoms with Gasteiger partial charge in [-0.25, -0.2) is 14.2 Å². The Hall–Kier alpha value is -3.49. The van der Waals surface area contributed by atoms with Gasteiger partial charge in [-0.15, -0.1) is 0 Å². The average Bonchev–Trinajstić information content (AvgIpc) is 2.68. The number of allylic oxidation sites excluding steroid dienone is 1. The maximum absolute atomic E-state index is 13.2. The molecular formula is C20H17F4N3O2. The van der Waals surface area contributed by atoms with E-state index in [4.69, 9.17) is 10.3 Å². The van der Waals surface area contributed by atoms with Crippen molar-refractivity contribution >= 4 is 17.2 Å². The highest BCUT2D eigenvalue weighted by atomic mass is 19.4. The molecule has 2 rings (SSSR count). The van der Waals surface area contributed by atoms with Gasteiger partial charge >= 0.3 is 12.1 Å². The summed E-state index contributed by atoms with van der Waals surface area (Å²) in [5, 5.41) is 4.12. The van der Waals surface area contributed by atoms with Crippen LogP contribution in [0.4, 0.5) is 23.2 Å². The Morgan fingerprint density at radius 2 is 1.79 bits per heavy atom. The smallest absolute Gasteiger partial charge is 0.416 e. The van der Waals surface area contributed by atoms with E-state index in [1.54, 1.807) is 0 Å². The van der Waals surface area contributed by atoms with Crippen LogP contribution in [0.2, 0.25) is 0 Å². The molecule has 152 valence electrons. The molecule has 0 atom stereocenters. The molecule has 0 heterocycles. The first-order valence-electron chi connectivity index (χ1n) is 8.19. The summed E-state index contributed by atoms with van der Waals surface area (Å²) in [6.45, 7) is 5.21. The van der Waals surface area contributed by atoms with Gasteiger partial charge in [-0.3, -0.25) is 0 Å². The van der Waals surface area contributed by atoms with Crippen LogP contribution in [0, 0.1) is 11.3 Å². The van der Waals surface area contributed by atoms with Gasteiger partial charge in [-0.05, 0) is 48.4 Å². The van der Waals surface area contributed by atoms with Crippen LogP contribution in [0.3, 0.4) is 0 Å². The zero-order valence-electron chi connectivity index (χ0n) is 15.5. The van der Waals surface area contributed by atoms with Crippen molar-refractivity contribution in [3.8, 4) is 0 Å². The normalized spacial score (nSPS) is 12.1. The summed E-state index contributed by atoms with van der Waals surface area (Å²) in [7, 11) is 1.13. The third kappa shape index (κ3) is 4.87. The van der Waals surface area contributed by atoms with Crippen LogP contribution in [0.1, 0.15) is 18.1 Å². The van der Waals surface area contributed by atoms with E-state index in [2.05, 4.69) is 11.8 Å². The highest BCUT2D eigenvalue weighted by Crippen LogP contribution is 2.34. The number of ether oxygens (including phenoxy) is 1. The molecule has 0 saturated carbocycles. The van der Waals surface area contributed by atoms with Crippen LogP contribution in [-0.2, 0) is 15.7 Å².